The van der Waals surface area contributed by atoms with Crippen LogP contribution in [0.1, 0.15) is 18.4 Å². The summed E-state index contributed by atoms with van der Waals surface area (Å²) < 4.78 is 43.4. The molecule has 0 bridgehead atoms. The molecule has 0 atom stereocenters. The fourth-order valence-corrected chi connectivity index (χ4v) is 7.09. The maximum absolute atomic E-state index is 13.7. The molecule has 6 nitrogen and oxygen atoms in total. The molecule has 2 aliphatic rings. The number of likely N-dealkylation sites (tertiary alicyclic amines) is 1. The summed E-state index contributed by atoms with van der Waals surface area (Å²) in [4.78, 5) is 5.62. The predicted octanol–water partition coefficient (Wildman–Crippen LogP) is 4.92. The number of piperidine rings is 1. The maximum Gasteiger partial charge on any atom is 0.326 e. The van der Waals surface area contributed by atoms with E-state index in [9.17, 15) is 12.8 Å². The van der Waals surface area contributed by atoms with Gasteiger partial charge in [0.1, 0.15) is 5.82 Å². The number of aromatic amines is 1. The normalized spacial score (nSPS) is 18.6. The highest BCUT2D eigenvalue weighted by atomic mass is 32.2. The average Bonchev–Trinajstić information content (AvgIpc) is 3.25. The number of fused-ring (bicyclic) bond motifs is 1. The van der Waals surface area contributed by atoms with Crippen molar-refractivity contribution in [3.63, 3.8) is 0 Å². The second-order valence-corrected chi connectivity index (χ2v) is 11.6. The quantitative estimate of drug-likeness (QED) is 0.430. The molecule has 1 N–H and O–H groups in total. The predicted molar refractivity (Wildman–Crippen MR) is 140 cm³/mol. The third kappa shape index (κ3) is 3.85. The minimum Gasteiger partial charge on any atom is -0.361 e. The van der Waals surface area contributed by atoms with Gasteiger partial charge in [0.05, 0.1) is 11.4 Å². The number of hydrogen-bond donors (Lipinski definition) is 1. The fourth-order valence-electron chi connectivity index (χ4n) is 5.68. The van der Waals surface area contributed by atoms with Gasteiger partial charge in [-0.1, -0.05) is 24.3 Å². The van der Waals surface area contributed by atoms with Crippen molar-refractivity contribution in [1.82, 2.24) is 9.88 Å². The molecule has 1 aromatic heterocycles. The van der Waals surface area contributed by atoms with Crippen molar-refractivity contribution in [3.8, 4) is 0 Å². The molecule has 1 saturated heterocycles. The van der Waals surface area contributed by atoms with Crippen LogP contribution in [-0.4, -0.2) is 51.5 Å². The molecule has 4 aromatic rings. The van der Waals surface area contributed by atoms with Crippen molar-refractivity contribution in [2.24, 2.45) is 5.92 Å². The zero-order valence-corrected chi connectivity index (χ0v) is 20.6. The largest absolute Gasteiger partial charge is 0.361 e. The van der Waals surface area contributed by atoms with Crippen molar-refractivity contribution >= 4 is 43.3 Å². The Bertz CT molecular complexity index is 1500. The minimum absolute atomic E-state index is 0.204. The zero-order valence-electron chi connectivity index (χ0n) is 19.7. The number of anilines is 2. The number of H-pyrrole nitrogens is 1. The van der Waals surface area contributed by atoms with Crippen LogP contribution in [-0.2, 0) is 16.6 Å². The van der Waals surface area contributed by atoms with Crippen LogP contribution in [0, 0.1) is 11.7 Å². The summed E-state index contributed by atoms with van der Waals surface area (Å²) >= 11 is 0. The molecule has 1 fully saturated rings. The highest BCUT2D eigenvalue weighted by molar-refractivity contribution is 7.94. The first-order valence-corrected chi connectivity index (χ1v) is 13.6. The lowest BCUT2D eigenvalue weighted by atomic mass is 9.90. The Morgan fingerprint density at radius 1 is 1.00 bits per heavy atom. The molecule has 0 spiro atoms. The zero-order chi connectivity index (χ0) is 24.2. The van der Waals surface area contributed by atoms with Gasteiger partial charge >= 0.3 is 10.2 Å². The molecule has 0 unspecified atom stereocenters. The maximum atomic E-state index is 13.7. The van der Waals surface area contributed by atoms with E-state index in [1.807, 2.05) is 42.6 Å². The lowest BCUT2D eigenvalue weighted by molar-refractivity contribution is 0.189. The lowest BCUT2D eigenvalue weighted by Gasteiger charge is -2.38. The highest BCUT2D eigenvalue weighted by Crippen LogP contribution is 2.41. The lowest BCUT2D eigenvalue weighted by Crippen LogP contribution is -2.48. The van der Waals surface area contributed by atoms with Gasteiger partial charge in [-0.3, -0.25) is 8.61 Å². The third-order valence-electron chi connectivity index (χ3n) is 7.66. The Morgan fingerprint density at radius 3 is 2.51 bits per heavy atom. The van der Waals surface area contributed by atoms with E-state index in [1.54, 1.807) is 23.5 Å². The monoisotopic (exact) mass is 492 g/mol. The van der Waals surface area contributed by atoms with Crippen molar-refractivity contribution in [2.45, 2.75) is 19.3 Å². The third-order valence-corrected chi connectivity index (χ3v) is 9.48. The fraction of sp³-hybridized carbons (Fsp3) is 0.333. The van der Waals surface area contributed by atoms with Crippen LogP contribution in [0.15, 0.2) is 60.8 Å². The number of rotatable bonds is 5. The highest BCUT2D eigenvalue weighted by Gasteiger charge is 2.35. The first kappa shape index (κ1) is 22.4. The van der Waals surface area contributed by atoms with Gasteiger partial charge in [0, 0.05) is 42.6 Å². The van der Waals surface area contributed by atoms with E-state index in [4.69, 9.17) is 0 Å². The van der Waals surface area contributed by atoms with Crippen LogP contribution in [0.5, 0.6) is 0 Å². The van der Waals surface area contributed by atoms with Gasteiger partial charge in [-0.25, -0.2) is 4.39 Å². The van der Waals surface area contributed by atoms with Gasteiger partial charge in [-0.05, 0) is 79.6 Å². The van der Waals surface area contributed by atoms with Crippen molar-refractivity contribution in [3.05, 3.63) is 72.2 Å². The van der Waals surface area contributed by atoms with Crippen LogP contribution in [0.4, 0.5) is 15.8 Å². The molecule has 0 radical (unpaired) electrons. The van der Waals surface area contributed by atoms with Gasteiger partial charge in [0.2, 0.25) is 0 Å². The average molecular weight is 493 g/mol. The molecule has 0 saturated carbocycles. The molecule has 3 heterocycles. The van der Waals surface area contributed by atoms with Crippen LogP contribution >= 0.6 is 0 Å². The molecule has 8 heteroatoms. The van der Waals surface area contributed by atoms with Crippen LogP contribution < -0.4 is 8.61 Å². The topological polar surface area (TPSA) is 59.6 Å². The summed E-state index contributed by atoms with van der Waals surface area (Å²) in [6, 6.07) is 16.6. The first-order valence-electron chi connectivity index (χ1n) is 12.2. The molecule has 6 rings (SSSR count). The summed E-state index contributed by atoms with van der Waals surface area (Å²) in [7, 11) is -1.99. The first-order chi connectivity index (χ1) is 16.9. The number of nitrogens with one attached hydrogen (secondary N) is 1. The molecular formula is C27H29FN4O2S. The van der Waals surface area contributed by atoms with Gasteiger partial charge in [-0.2, -0.15) is 8.42 Å². The van der Waals surface area contributed by atoms with Gasteiger partial charge < -0.3 is 9.88 Å². The number of hydrogen-bond acceptors (Lipinski definition) is 3. The van der Waals surface area contributed by atoms with Crippen LogP contribution in [0.25, 0.3) is 21.7 Å². The van der Waals surface area contributed by atoms with E-state index in [0.717, 1.165) is 65.4 Å². The summed E-state index contributed by atoms with van der Waals surface area (Å²) in [5.74, 6) is 0.337. The summed E-state index contributed by atoms with van der Waals surface area (Å²) in [5, 5.41) is 3.01. The Morgan fingerprint density at radius 2 is 1.74 bits per heavy atom. The van der Waals surface area contributed by atoms with E-state index >= 15 is 0 Å². The van der Waals surface area contributed by atoms with Crippen molar-refractivity contribution in [1.29, 1.82) is 0 Å². The SMILES string of the molecule is CN1c2cccc3cccc(c23)N(CCN2CCC(Cc3c[nH]c4ccc(F)cc34)CC2)S1(=O)=O. The molecular weight excluding hydrogens is 463 g/mol. The Kier molecular flexibility index (Phi) is 5.45. The van der Waals surface area contributed by atoms with E-state index in [0.29, 0.717) is 19.0 Å². The van der Waals surface area contributed by atoms with E-state index in [1.165, 1.54) is 15.9 Å². The summed E-state index contributed by atoms with van der Waals surface area (Å²) in [6.07, 6.45) is 5.04. The van der Waals surface area contributed by atoms with Crippen molar-refractivity contribution in [2.75, 3.05) is 41.8 Å². The Balaban J connectivity index is 1.13. The number of halogens is 1. The molecule has 35 heavy (non-hydrogen) atoms. The molecule has 0 aliphatic carbocycles. The van der Waals surface area contributed by atoms with E-state index < -0.39 is 10.2 Å². The second kappa shape index (κ2) is 8.53. The minimum atomic E-state index is -3.63. The van der Waals surface area contributed by atoms with E-state index in [-0.39, 0.29) is 5.82 Å². The molecule has 0 amide bonds. The molecule has 2 aliphatic heterocycles. The number of benzene rings is 3. The second-order valence-electron chi connectivity index (χ2n) is 9.69. The Labute approximate surface area is 205 Å². The summed E-state index contributed by atoms with van der Waals surface area (Å²) in [6.45, 7) is 2.99. The standard InChI is InChI=1S/C27H29FN4O2S/c1-30-25-6-2-4-20-5-3-7-26(27(20)25)32(35(30,33)34)15-14-31-12-10-19(11-13-31)16-21-18-29-24-9-8-22(28)17-23(21)24/h2-9,17-19,29H,10-16H2,1H3. The smallest absolute Gasteiger partial charge is 0.326 e. The summed E-state index contributed by atoms with van der Waals surface area (Å²) in [5.41, 5.74) is 3.64. The van der Waals surface area contributed by atoms with Crippen LogP contribution in [0.2, 0.25) is 0 Å². The van der Waals surface area contributed by atoms with Gasteiger partial charge in [0.25, 0.3) is 0 Å². The number of nitrogens with zero attached hydrogens (tertiary/aromatic N) is 3. The Hall–Kier alpha value is -3.10. The van der Waals surface area contributed by atoms with Crippen LogP contribution in [0.3, 0.4) is 0 Å². The van der Waals surface area contributed by atoms with Gasteiger partial charge in [0.15, 0.2) is 0 Å². The number of aromatic nitrogens is 1. The van der Waals surface area contributed by atoms with Crippen molar-refractivity contribution < 1.29 is 12.8 Å². The molecule has 182 valence electrons. The molecule has 3 aromatic carbocycles. The van der Waals surface area contributed by atoms with Gasteiger partial charge in [-0.15, -0.1) is 0 Å². The van der Waals surface area contributed by atoms with E-state index in [2.05, 4.69) is 9.88 Å².